The van der Waals surface area contributed by atoms with E-state index in [1.165, 1.54) is 150 Å². The molecule has 0 saturated carbocycles. The van der Waals surface area contributed by atoms with Gasteiger partial charge in [-0.3, -0.25) is 12.2 Å². The molecule has 304 valence electrons. The maximum Gasteiger partial charge on any atom is 2.00 e. The summed E-state index contributed by atoms with van der Waals surface area (Å²) in [4.78, 5) is 0. The molecule has 3 rings (SSSR count). The normalized spacial score (nSPS) is 11.9. The van der Waals surface area contributed by atoms with E-state index in [2.05, 4.69) is 89.2 Å². The van der Waals surface area contributed by atoms with Crippen LogP contribution in [-0.4, -0.2) is 4.70 Å². The van der Waals surface area contributed by atoms with Crippen LogP contribution >= 0.6 is 0 Å². The second kappa shape index (κ2) is 36.2. The Bertz CT molecular complexity index is 1290. The average Bonchev–Trinajstić information content (AvgIpc) is 3.51. The van der Waals surface area contributed by atoms with E-state index in [0.29, 0.717) is 0 Å². The van der Waals surface area contributed by atoms with Crippen molar-refractivity contribution in [3.8, 4) is 0 Å². The molecule has 0 spiro atoms. The van der Waals surface area contributed by atoms with Crippen LogP contribution in [0, 0.1) is 13.2 Å². The van der Waals surface area contributed by atoms with E-state index in [9.17, 15) is 5.53 Å². The molecule has 1 aliphatic rings. The molecule has 2 aromatic rings. The van der Waals surface area contributed by atoms with Crippen LogP contribution in [0.25, 0.3) is 16.9 Å². The van der Waals surface area contributed by atoms with Gasteiger partial charge in [-0.1, -0.05) is 187 Å². The van der Waals surface area contributed by atoms with E-state index < -0.39 is 0 Å². The minimum atomic E-state index is 0. The Morgan fingerprint density at radius 2 is 0.889 bits per heavy atom. The van der Waals surface area contributed by atoms with E-state index in [1.807, 2.05) is 0 Å². The zero-order chi connectivity index (χ0) is 38.8. The third kappa shape index (κ3) is 23.4. The van der Waals surface area contributed by atoms with Gasteiger partial charge in [-0.05, 0) is 73.9 Å². The molecule has 0 aromatic heterocycles. The molecule has 0 saturated heterocycles. The molecule has 0 atom stereocenters. The van der Waals surface area contributed by atoms with Crippen molar-refractivity contribution in [2.45, 2.75) is 202 Å². The van der Waals surface area contributed by atoms with E-state index in [-0.39, 0.29) is 16.5 Å². The molecule has 1 aliphatic heterocycles. The second-order valence-corrected chi connectivity index (χ2v) is 15.1. The molecule has 0 unspecified atom stereocenters. The van der Waals surface area contributed by atoms with Crippen LogP contribution in [0.5, 0.6) is 0 Å². The Balaban J connectivity index is 0.00000158. The molecule has 3 heteroatoms. The summed E-state index contributed by atoms with van der Waals surface area (Å²) in [5.41, 5.74) is 19.7. The molecule has 0 bridgehead atoms. The molecule has 0 N–H and O–H groups in total. The number of benzene rings is 2. The van der Waals surface area contributed by atoms with Crippen molar-refractivity contribution in [2.75, 3.05) is 0 Å². The first kappa shape index (κ1) is 51.5. The van der Waals surface area contributed by atoms with Crippen LogP contribution in [-0.2, 0) is 29.3 Å². The van der Waals surface area contributed by atoms with E-state index in [1.54, 1.807) is 12.2 Å². The van der Waals surface area contributed by atoms with Crippen molar-refractivity contribution in [1.82, 2.24) is 0 Å². The third-order valence-corrected chi connectivity index (χ3v) is 10.1. The fraction of sp³-hybridized carbons (Fsp3) is 0.608. The molecule has 0 radical (unpaired) electrons. The van der Waals surface area contributed by atoms with Gasteiger partial charge in [0.05, 0.1) is 0 Å². The Morgan fingerprint density at radius 1 is 0.500 bits per heavy atom. The third-order valence-electron chi connectivity index (χ3n) is 10.1. The van der Waals surface area contributed by atoms with E-state index in [4.69, 9.17) is 13.2 Å². The van der Waals surface area contributed by atoms with Crippen molar-refractivity contribution >= 4 is 11.4 Å². The fourth-order valence-corrected chi connectivity index (χ4v) is 6.82. The van der Waals surface area contributed by atoms with Gasteiger partial charge in [-0.2, -0.15) is 0 Å². The maximum atomic E-state index is 11.6. The number of hydrogen-bond donors (Lipinski definition) is 0. The van der Waals surface area contributed by atoms with Crippen molar-refractivity contribution in [3.63, 3.8) is 0 Å². The number of nitrogens with zero attached hydrogens (tertiary/aromatic N) is 2. The van der Waals surface area contributed by atoms with Crippen molar-refractivity contribution in [2.24, 2.45) is 0 Å². The molecular formula is C51H80N2Ni. The summed E-state index contributed by atoms with van der Waals surface area (Å²) >= 11 is 0. The van der Waals surface area contributed by atoms with Gasteiger partial charge >= 0.3 is 16.5 Å². The van der Waals surface area contributed by atoms with Crippen LogP contribution < -0.4 is 0 Å². The van der Waals surface area contributed by atoms with Crippen LogP contribution in [0.3, 0.4) is 0 Å². The first-order valence-electron chi connectivity index (χ1n) is 22.2. The Morgan fingerprint density at radius 3 is 1.37 bits per heavy atom. The minimum absolute atomic E-state index is 0. The molecule has 2 nitrogen and oxygen atoms in total. The summed E-state index contributed by atoms with van der Waals surface area (Å²) < 4.78 is 1.48. The topological polar surface area (TPSA) is 25.3 Å². The summed E-state index contributed by atoms with van der Waals surface area (Å²) in [6, 6.07) is 17.8. The monoisotopic (exact) mass is 779 g/mol. The first-order valence-corrected chi connectivity index (χ1v) is 22.2. The van der Waals surface area contributed by atoms with Crippen molar-refractivity contribution < 1.29 is 21.2 Å². The minimum Gasteiger partial charge on any atom is -0.518 e. The zero-order valence-corrected chi connectivity index (χ0v) is 36.6. The van der Waals surface area contributed by atoms with E-state index >= 15 is 0 Å². The zero-order valence-electron chi connectivity index (χ0n) is 35.6. The quantitative estimate of drug-likeness (QED) is 0.0356. The molecular weight excluding hydrogens is 699 g/mol. The standard InChI is InChI=1S/C37H54N2.2C7H13.Ni/c1-4-7-10-12-14-17-21-31-23-19-26-33(28-31)36-30-35(25-16-9-6-3)37(39(36)38)34-27-20-24-32(29-34)22-18-15-13-11-8-5-2;2*1-3-5-7-6-4-2;/h19-20,23-24,26-30H,4-18,21-22,25H2,1-3H3;2*1,3H,4-7H2,2H3;/q;2*-1;+2. The number of hydrogen-bond acceptors (Lipinski definition) is 0. The van der Waals surface area contributed by atoms with Gasteiger partial charge < -0.3 is 18.7 Å². The van der Waals surface area contributed by atoms with Gasteiger partial charge in [0.15, 0.2) is 0 Å². The number of allylic oxidation sites excluding steroid dienone is 4. The number of unbranched alkanes of at least 4 members (excludes halogenated alkanes) is 18. The summed E-state index contributed by atoms with van der Waals surface area (Å²) in [5.74, 6) is 0. The second-order valence-electron chi connectivity index (χ2n) is 15.1. The summed E-state index contributed by atoms with van der Waals surface area (Å²) in [7, 11) is 0. The largest absolute Gasteiger partial charge is 2.00 e. The van der Waals surface area contributed by atoms with Gasteiger partial charge in [0.1, 0.15) is 0 Å². The maximum absolute atomic E-state index is 11.6. The summed E-state index contributed by atoms with van der Waals surface area (Å²) in [6.45, 7) is 21.5. The van der Waals surface area contributed by atoms with Gasteiger partial charge in [0, 0.05) is 22.8 Å². The van der Waals surface area contributed by atoms with Gasteiger partial charge in [-0.25, -0.2) is 4.70 Å². The Labute approximate surface area is 345 Å². The SMILES string of the molecule is CCCCCCCCc1cccc(C2=CC(CCCCC)=C(c3cccc(CCCCCCCC)c3)[N+]2=[N-])c1.[CH-]=CCCCCC.[CH-]=CCCCCC.[Ni+2]. The molecule has 0 aliphatic carbocycles. The summed E-state index contributed by atoms with van der Waals surface area (Å²) in [6.07, 6.45) is 38.2. The Kier molecular flexibility index (Phi) is 34.5. The molecule has 1 heterocycles. The van der Waals surface area contributed by atoms with Crippen LogP contribution in [0.1, 0.15) is 211 Å². The van der Waals surface area contributed by atoms with Crippen LogP contribution in [0.4, 0.5) is 0 Å². The van der Waals surface area contributed by atoms with Crippen molar-refractivity contribution in [3.05, 3.63) is 113 Å². The molecule has 0 fully saturated rings. The first-order chi connectivity index (χ1) is 26.0. The van der Waals surface area contributed by atoms with E-state index in [0.717, 1.165) is 61.0 Å². The number of aryl methyl sites for hydroxylation is 2. The van der Waals surface area contributed by atoms with Crippen LogP contribution in [0.2, 0.25) is 0 Å². The molecule has 2 aromatic carbocycles. The predicted octanol–water partition coefficient (Wildman–Crippen LogP) is 17.0. The van der Waals surface area contributed by atoms with Gasteiger partial charge in [-0.15, -0.1) is 0 Å². The van der Waals surface area contributed by atoms with Gasteiger partial charge in [0.2, 0.25) is 11.4 Å². The predicted molar refractivity (Wildman–Crippen MR) is 236 cm³/mol. The fourth-order valence-electron chi connectivity index (χ4n) is 6.82. The molecule has 0 amide bonds. The Hall–Kier alpha value is -2.51. The number of rotatable bonds is 28. The summed E-state index contributed by atoms with van der Waals surface area (Å²) in [5, 5.41) is 0. The molecule has 54 heavy (non-hydrogen) atoms. The smallest absolute Gasteiger partial charge is 0.518 e. The van der Waals surface area contributed by atoms with Crippen molar-refractivity contribution in [1.29, 1.82) is 0 Å². The van der Waals surface area contributed by atoms with Gasteiger partial charge in [0.25, 0.3) is 0 Å². The average molecular weight is 780 g/mol. The van der Waals surface area contributed by atoms with Crippen LogP contribution in [0.15, 0.2) is 72.3 Å².